The van der Waals surface area contributed by atoms with Gasteiger partial charge in [0.25, 0.3) is 10.2 Å². The van der Waals surface area contributed by atoms with E-state index in [1.807, 2.05) is 0 Å². The van der Waals surface area contributed by atoms with Crippen LogP contribution in [0.25, 0.3) is 0 Å². The Morgan fingerprint density at radius 1 is 1.24 bits per heavy atom. The Kier molecular flexibility index (Phi) is 5.94. The summed E-state index contributed by atoms with van der Waals surface area (Å²) in [5.74, 6) is -0.738. The number of aliphatic carboxylic acids is 1. The molecule has 1 unspecified atom stereocenters. The molecule has 0 radical (unpaired) electrons. The lowest BCUT2D eigenvalue weighted by molar-refractivity contribution is -0.136. The van der Waals surface area contributed by atoms with Crippen molar-refractivity contribution in [2.24, 2.45) is 5.92 Å². The van der Waals surface area contributed by atoms with Crippen LogP contribution in [0.4, 0.5) is 0 Å². The predicted molar refractivity (Wildman–Crippen MR) is 76.1 cm³/mol. The third kappa shape index (κ3) is 4.62. The van der Waals surface area contributed by atoms with Gasteiger partial charge < -0.3 is 15.2 Å². The first-order chi connectivity index (χ1) is 10.00. The Balaban J connectivity index is 1.88. The number of carboxylic acids is 1. The number of nitrogens with one attached hydrogen (secondary N) is 1. The number of ether oxygens (including phenoxy) is 1. The van der Waals surface area contributed by atoms with E-state index in [-0.39, 0.29) is 12.5 Å². The third-order valence-corrected chi connectivity index (χ3v) is 5.82. The standard InChI is InChI=1S/C12H23N3O5S/c16-12(17)9-13-8-11-2-1-3-15(10-11)21(18,19)14-4-6-20-7-5-14/h11,13H,1-10H2,(H,16,17). The van der Waals surface area contributed by atoms with Crippen molar-refractivity contribution >= 4 is 16.2 Å². The maximum absolute atomic E-state index is 12.6. The Hall–Kier alpha value is -0.740. The summed E-state index contributed by atoms with van der Waals surface area (Å²) in [6.45, 7) is 3.12. The van der Waals surface area contributed by atoms with Crippen LogP contribution in [0.5, 0.6) is 0 Å². The molecule has 0 aliphatic carbocycles. The summed E-state index contributed by atoms with van der Waals surface area (Å²) in [5.41, 5.74) is 0. The van der Waals surface area contributed by atoms with Crippen LogP contribution in [-0.4, -0.2) is 80.6 Å². The van der Waals surface area contributed by atoms with E-state index in [2.05, 4.69) is 5.32 Å². The molecule has 2 saturated heterocycles. The lowest BCUT2D eigenvalue weighted by atomic mass is 10.00. The van der Waals surface area contributed by atoms with Crippen LogP contribution in [0.3, 0.4) is 0 Å². The van der Waals surface area contributed by atoms with Gasteiger partial charge in [-0.05, 0) is 25.3 Å². The molecule has 8 nitrogen and oxygen atoms in total. The molecule has 0 spiro atoms. The van der Waals surface area contributed by atoms with Gasteiger partial charge in [0.1, 0.15) is 0 Å². The smallest absolute Gasteiger partial charge is 0.317 e. The van der Waals surface area contributed by atoms with E-state index in [1.165, 1.54) is 8.61 Å². The second-order valence-corrected chi connectivity index (χ2v) is 7.34. The normalized spacial score (nSPS) is 25.8. The molecule has 0 aromatic carbocycles. The van der Waals surface area contributed by atoms with E-state index >= 15 is 0 Å². The van der Waals surface area contributed by atoms with Crippen LogP contribution >= 0.6 is 0 Å². The number of piperidine rings is 1. The Labute approximate surface area is 125 Å². The summed E-state index contributed by atoms with van der Waals surface area (Å²) >= 11 is 0. The molecular formula is C12H23N3O5S. The molecule has 2 fully saturated rings. The van der Waals surface area contributed by atoms with E-state index < -0.39 is 16.2 Å². The fourth-order valence-corrected chi connectivity index (χ4v) is 4.42. The molecule has 2 rings (SSSR count). The molecule has 0 amide bonds. The van der Waals surface area contributed by atoms with Gasteiger partial charge in [-0.15, -0.1) is 0 Å². The van der Waals surface area contributed by atoms with Crippen molar-refractivity contribution in [3.63, 3.8) is 0 Å². The molecule has 2 heterocycles. The largest absolute Gasteiger partial charge is 0.480 e. The molecule has 2 aliphatic rings. The van der Waals surface area contributed by atoms with Gasteiger partial charge in [-0.25, -0.2) is 0 Å². The Morgan fingerprint density at radius 3 is 2.62 bits per heavy atom. The summed E-state index contributed by atoms with van der Waals surface area (Å²) in [6, 6.07) is 0. The highest BCUT2D eigenvalue weighted by atomic mass is 32.2. The predicted octanol–water partition coefficient (Wildman–Crippen LogP) is -1.05. The summed E-state index contributed by atoms with van der Waals surface area (Å²) in [4.78, 5) is 10.5. The maximum atomic E-state index is 12.6. The van der Waals surface area contributed by atoms with Gasteiger partial charge in [0.2, 0.25) is 0 Å². The van der Waals surface area contributed by atoms with Crippen LogP contribution in [0.2, 0.25) is 0 Å². The molecule has 122 valence electrons. The third-order valence-electron chi connectivity index (χ3n) is 3.81. The minimum atomic E-state index is -3.42. The van der Waals surface area contributed by atoms with Crippen molar-refractivity contribution < 1.29 is 23.1 Å². The van der Waals surface area contributed by atoms with Gasteiger partial charge >= 0.3 is 5.97 Å². The van der Waals surface area contributed by atoms with Gasteiger partial charge in [-0.3, -0.25) is 4.79 Å². The van der Waals surface area contributed by atoms with Crippen LogP contribution < -0.4 is 5.32 Å². The molecule has 0 saturated carbocycles. The zero-order chi connectivity index (χ0) is 15.3. The van der Waals surface area contributed by atoms with Crippen molar-refractivity contribution in [3.05, 3.63) is 0 Å². The number of nitrogens with zero attached hydrogens (tertiary/aromatic N) is 2. The van der Waals surface area contributed by atoms with Gasteiger partial charge in [0.05, 0.1) is 19.8 Å². The van der Waals surface area contributed by atoms with E-state index in [0.717, 1.165) is 12.8 Å². The second kappa shape index (κ2) is 7.50. The average Bonchev–Trinajstić information content (AvgIpc) is 2.48. The van der Waals surface area contributed by atoms with E-state index in [1.54, 1.807) is 0 Å². The summed E-state index contributed by atoms with van der Waals surface area (Å²) in [6.07, 6.45) is 1.73. The van der Waals surface area contributed by atoms with Crippen LogP contribution in [0.15, 0.2) is 0 Å². The van der Waals surface area contributed by atoms with Gasteiger partial charge in [-0.2, -0.15) is 17.0 Å². The van der Waals surface area contributed by atoms with Crippen molar-refractivity contribution in [3.8, 4) is 0 Å². The van der Waals surface area contributed by atoms with Crippen molar-refractivity contribution in [2.45, 2.75) is 12.8 Å². The molecular weight excluding hydrogens is 298 g/mol. The number of morpholine rings is 1. The van der Waals surface area contributed by atoms with Gasteiger partial charge in [0, 0.05) is 26.2 Å². The quantitative estimate of drug-likeness (QED) is 0.648. The van der Waals surface area contributed by atoms with Crippen molar-refractivity contribution in [1.82, 2.24) is 13.9 Å². The maximum Gasteiger partial charge on any atom is 0.317 e. The van der Waals surface area contributed by atoms with Gasteiger partial charge in [-0.1, -0.05) is 0 Å². The minimum Gasteiger partial charge on any atom is -0.480 e. The highest BCUT2D eigenvalue weighted by Gasteiger charge is 2.34. The fraction of sp³-hybridized carbons (Fsp3) is 0.917. The Morgan fingerprint density at radius 2 is 1.95 bits per heavy atom. The SMILES string of the molecule is O=C(O)CNCC1CCCN(S(=O)(=O)N2CCOCC2)C1. The molecule has 2 aliphatic heterocycles. The number of rotatable bonds is 6. The first kappa shape index (κ1) is 16.6. The van der Waals surface area contributed by atoms with Gasteiger partial charge in [0.15, 0.2) is 0 Å². The molecule has 0 aromatic heterocycles. The highest BCUT2D eigenvalue weighted by molar-refractivity contribution is 7.86. The number of hydrogen-bond donors (Lipinski definition) is 2. The molecule has 0 bridgehead atoms. The number of carboxylic acid groups (broad SMARTS) is 1. The monoisotopic (exact) mass is 321 g/mol. The van der Waals surface area contributed by atoms with Crippen LogP contribution in [0.1, 0.15) is 12.8 Å². The van der Waals surface area contributed by atoms with E-state index in [9.17, 15) is 13.2 Å². The minimum absolute atomic E-state index is 0.0906. The number of hydrogen-bond acceptors (Lipinski definition) is 5. The van der Waals surface area contributed by atoms with E-state index in [0.29, 0.717) is 45.9 Å². The van der Waals surface area contributed by atoms with Crippen molar-refractivity contribution in [1.29, 1.82) is 0 Å². The first-order valence-corrected chi connectivity index (χ1v) is 8.65. The zero-order valence-electron chi connectivity index (χ0n) is 12.0. The average molecular weight is 321 g/mol. The first-order valence-electron chi connectivity index (χ1n) is 7.25. The summed E-state index contributed by atoms with van der Waals surface area (Å²) in [7, 11) is -3.42. The lowest BCUT2D eigenvalue weighted by Gasteiger charge is -2.36. The molecule has 9 heteroatoms. The number of carbonyl (C=O) groups is 1. The second-order valence-electron chi connectivity index (χ2n) is 5.41. The highest BCUT2D eigenvalue weighted by Crippen LogP contribution is 2.21. The topological polar surface area (TPSA) is 99.2 Å². The summed E-state index contributed by atoms with van der Waals surface area (Å²) < 4.78 is 33.3. The Bertz CT molecular complexity index is 450. The summed E-state index contributed by atoms with van der Waals surface area (Å²) in [5, 5.41) is 11.5. The van der Waals surface area contributed by atoms with E-state index in [4.69, 9.17) is 9.84 Å². The molecule has 21 heavy (non-hydrogen) atoms. The van der Waals surface area contributed by atoms with Crippen LogP contribution in [0, 0.1) is 5.92 Å². The lowest BCUT2D eigenvalue weighted by Crippen LogP contribution is -2.52. The fourth-order valence-electron chi connectivity index (χ4n) is 2.73. The zero-order valence-corrected chi connectivity index (χ0v) is 12.8. The molecule has 2 N–H and O–H groups in total. The van der Waals surface area contributed by atoms with Crippen LogP contribution in [-0.2, 0) is 19.7 Å². The molecule has 1 atom stereocenters. The van der Waals surface area contributed by atoms with Crippen molar-refractivity contribution in [2.75, 3.05) is 52.5 Å². The molecule has 0 aromatic rings.